The first-order chi connectivity index (χ1) is 12.3. The van der Waals surface area contributed by atoms with Crippen LogP contribution in [0.1, 0.15) is 11.1 Å². The van der Waals surface area contributed by atoms with Crippen LogP contribution in [-0.4, -0.2) is 21.2 Å². The molecular formula is C17H9Br2Cl2NO3S. The van der Waals surface area contributed by atoms with Crippen molar-refractivity contribution in [1.29, 1.82) is 0 Å². The molecule has 0 aromatic heterocycles. The van der Waals surface area contributed by atoms with Gasteiger partial charge < -0.3 is 5.11 Å². The Hall–Kier alpha value is -0.990. The monoisotopic (exact) mass is 535 g/mol. The smallest absolute Gasteiger partial charge is 0.293 e. The lowest BCUT2D eigenvalue weighted by atomic mass is 10.2. The van der Waals surface area contributed by atoms with Crippen molar-refractivity contribution >= 4 is 84.0 Å². The average molecular weight is 538 g/mol. The molecule has 1 heterocycles. The molecule has 0 bridgehead atoms. The van der Waals surface area contributed by atoms with Gasteiger partial charge in [0.1, 0.15) is 5.75 Å². The van der Waals surface area contributed by atoms with E-state index >= 15 is 0 Å². The number of aromatic hydroxyl groups is 1. The molecule has 134 valence electrons. The molecule has 1 N–H and O–H groups in total. The first-order valence-electron chi connectivity index (χ1n) is 7.13. The quantitative estimate of drug-likeness (QED) is 0.456. The second-order valence-corrected chi connectivity index (χ2v) is 8.87. The van der Waals surface area contributed by atoms with E-state index in [1.54, 1.807) is 36.4 Å². The number of nitrogens with zero attached hydrogens (tertiary/aromatic N) is 1. The summed E-state index contributed by atoms with van der Waals surface area (Å²) < 4.78 is 0.960. The third-order valence-electron chi connectivity index (χ3n) is 3.54. The zero-order valence-corrected chi connectivity index (χ0v) is 18.3. The predicted molar refractivity (Wildman–Crippen MR) is 111 cm³/mol. The van der Waals surface area contributed by atoms with Gasteiger partial charge in [-0.15, -0.1) is 0 Å². The van der Waals surface area contributed by atoms with Gasteiger partial charge in [0.25, 0.3) is 11.1 Å². The summed E-state index contributed by atoms with van der Waals surface area (Å²) in [6, 6.07) is 8.29. The van der Waals surface area contributed by atoms with Crippen molar-refractivity contribution in [3.63, 3.8) is 0 Å². The summed E-state index contributed by atoms with van der Waals surface area (Å²) in [6.07, 6.45) is 1.61. The molecule has 1 fully saturated rings. The van der Waals surface area contributed by atoms with Gasteiger partial charge in [-0.1, -0.05) is 29.3 Å². The van der Waals surface area contributed by atoms with Crippen molar-refractivity contribution < 1.29 is 14.7 Å². The topological polar surface area (TPSA) is 57.6 Å². The van der Waals surface area contributed by atoms with Gasteiger partial charge in [0.15, 0.2) is 0 Å². The largest absolute Gasteiger partial charge is 0.506 e. The molecule has 4 nitrogen and oxygen atoms in total. The molecule has 0 spiro atoms. The molecule has 1 saturated heterocycles. The Morgan fingerprint density at radius 3 is 2.35 bits per heavy atom. The maximum Gasteiger partial charge on any atom is 0.293 e. The number of imide groups is 1. The summed E-state index contributed by atoms with van der Waals surface area (Å²) in [5, 5.41) is 10.2. The summed E-state index contributed by atoms with van der Waals surface area (Å²) in [7, 11) is 0. The highest BCUT2D eigenvalue weighted by atomic mass is 79.9. The summed E-state index contributed by atoms with van der Waals surface area (Å²) in [4.78, 5) is 26.3. The van der Waals surface area contributed by atoms with Crippen LogP contribution in [0.2, 0.25) is 10.0 Å². The van der Waals surface area contributed by atoms with Crippen molar-refractivity contribution in [2.75, 3.05) is 0 Å². The fourth-order valence-electron chi connectivity index (χ4n) is 2.28. The molecule has 0 aliphatic carbocycles. The minimum atomic E-state index is -0.383. The number of hydrogen-bond acceptors (Lipinski definition) is 4. The molecular weight excluding hydrogens is 529 g/mol. The van der Waals surface area contributed by atoms with E-state index in [1.165, 1.54) is 0 Å². The maximum absolute atomic E-state index is 12.6. The van der Waals surface area contributed by atoms with E-state index in [0.29, 0.717) is 35.0 Å². The second kappa shape index (κ2) is 7.94. The highest BCUT2D eigenvalue weighted by Gasteiger charge is 2.35. The van der Waals surface area contributed by atoms with Crippen LogP contribution in [0.3, 0.4) is 0 Å². The number of phenolic OH excluding ortho intramolecular Hbond substituents is 1. The van der Waals surface area contributed by atoms with E-state index in [-0.39, 0.29) is 23.4 Å². The Morgan fingerprint density at radius 1 is 1.08 bits per heavy atom. The number of thioether (sulfide) groups is 1. The van der Waals surface area contributed by atoms with Crippen LogP contribution in [0.4, 0.5) is 4.79 Å². The minimum Gasteiger partial charge on any atom is -0.506 e. The lowest BCUT2D eigenvalue weighted by Crippen LogP contribution is -2.27. The van der Waals surface area contributed by atoms with Crippen molar-refractivity contribution in [1.82, 2.24) is 4.90 Å². The Labute approximate surface area is 180 Å². The highest BCUT2D eigenvalue weighted by Crippen LogP contribution is 2.37. The van der Waals surface area contributed by atoms with Gasteiger partial charge in [-0.25, -0.2) is 0 Å². The van der Waals surface area contributed by atoms with Gasteiger partial charge in [-0.2, -0.15) is 0 Å². The molecule has 1 aliphatic heterocycles. The summed E-state index contributed by atoms with van der Waals surface area (Å²) in [6.45, 7) is 0.113. The third kappa shape index (κ3) is 4.12. The predicted octanol–water partition coefficient (Wildman–Crippen LogP) is 6.46. The number of rotatable bonds is 3. The van der Waals surface area contributed by atoms with Crippen LogP contribution >= 0.6 is 66.8 Å². The average Bonchev–Trinajstić information content (AvgIpc) is 2.83. The van der Waals surface area contributed by atoms with Gasteiger partial charge in [0, 0.05) is 0 Å². The minimum absolute atomic E-state index is 0.0647. The molecule has 3 rings (SSSR count). The standard InChI is InChI=1S/C17H9Br2Cl2NO3S/c18-10-3-9(4-11(19)15(10)23)6-14-16(24)22(17(25)26-14)7-8-1-2-12(20)13(21)5-8/h1-6,23H,7H2/b14-6-. The van der Waals surface area contributed by atoms with E-state index < -0.39 is 0 Å². The maximum atomic E-state index is 12.6. The van der Waals surface area contributed by atoms with Crippen molar-refractivity contribution in [3.05, 3.63) is 65.4 Å². The SMILES string of the molecule is O=C1S/C(=C\c2cc(Br)c(O)c(Br)c2)C(=O)N1Cc1ccc(Cl)c(Cl)c1. The van der Waals surface area contributed by atoms with Gasteiger partial charge in [-0.05, 0) is 85.1 Å². The molecule has 9 heteroatoms. The second-order valence-electron chi connectivity index (χ2n) is 5.35. The molecule has 2 aromatic rings. The normalized spacial score (nSPS) is 16.0. The molecule has 0 saturated carbocycles. The lowest BCUT2D eigenvalue weighted by molar-refractivity contribution is -0.123. The Kier molecular flexibility index (Phi) is 6.04. The van der Waals surface area contributed by atoms with E-state index in [0.717, 1.165) is 16.7 Å². The van der Waals surface area contributed by atoms with Crippen molar-refractivity contribution in [3.8, 4) is 5.75 Å². The molecule has 2 amide bonds. The highest BCUT2D eigenvalue weighted by molar-refractivity contribution is 9.11. The third-order valence-corrected chi connectivity index (χ3v) is 6.39. The van der Waals surface area contributed by atoms with E-state index in [9.17, 15) is 14.7 Å². The lowest BCUT2D eigenvalue weighted by Gasteiger charge is -2.13. The number of carbonyl (C=O) groups excluding carboxylic acids is 2. The first kappa shape index (κ1) is 19.8. The van der Waals surface area contributed by atoms with Crippen molar-refractivity contribution in [2.45, 2.75) is 6.54 Å². The Balaban J connectivity index is 1.85. The van der Waals surface area contributed by atoms with Gasteiger partial charge in [0.05, 0.1) is 30.4 Å². The van der Waals surface area contributed by atoms with Crippen LogP contribution in [0.25, 0.3) is 6.08 Å². The number of halogens is 4. The number of hydrogen-bond donors (Lipinski definition) is 1. The van der Waals surface area contributed by atoms with Gasteiger partial charge in [-0.3, -0.25) is 14.5 Å². The number of phenols is 1. The fraction of sp³-hybridized carbons (Fsp3) is 0.0588. The van der Waals surface area contributed by atoms with Crippen LogP contribution in [0.5, 0.6) is 5.75 Å². The zero-order chi connectivity index (χ0) is 19.0. The van der Waals surface area contributed by atoms with Crippen LogP contribution in [0, 0.1) is 0 Å². The first-order valence-corrected chi connectivity index (χ1v) is 10.3. The number of benzene rings is 2. The van der Waals surface area contributed by atoms with Gasteiger partial charge >= 0.3 is 0 Å². The summed E-state index contributed by atoms with van der Waals surface area (Å²) in [5.74, 6) is -0.318. The number of amides is 2. The van der Waals surface area contributed by atoms with E-state index in [1.807, 2.05) is 0 Å². The Bertz CT molecular complexity index is 942. The molecule has 0 atom stereocenters. The zero-order valence-electron chi connectivity index (χ0n) is 12.8. The molecule has 26 heavy (non-hydrogen) atoms. The molecule has 0 radical (unpaired) electrons. The van der Waals surface area contributed by atoms with Crippen LogP contribution in [0.15, 0.2) is 44.2 Å². The molecule has 2 aromatic carbocycles. The van der Waals surface area contributed by atoms with E-state index in [4.69, 9.17) is 23.2 Å². The van der Waals surface area contributed by atoms with Gasteiger partial charge in [0.2, 0.25) is 0 Å². The van der Waals surface area contributed by atoms with E-state index in [2.05, 4.69) is 31.9 Å². The number of carbonyl (C=O) groups is 2. The fourth-order valence-corrected chi connectivity index (χ4v) is 4.66. The summed E-state index contributed by atoms with van der Waals surface area (Å²) in [5.41, 5.74) is 1.37. The summed E-state index contributed by atoms with van der Waals surface area (Å²) >= 11 is 19.2. The molecule has 1 aliphatic rings. The van der Waals surface area contributed by atoms with Crippen LogP contribution in [-0.2, 0) is 11.3 Å². The van der Waals surface area contributed by atoms with Crippen LogP contribution < -0.4 is 0 Å². The van der Waals surface area contributed by atoms with Crippen molar-refractivity contribution in [2.24, 2.45) is 0 Å². The Morgan fingerprint density at radius 2 is 1.73 bits per heavy atom. The molecule has 0 unspecified atom stereocenters.